The van der Waals surface area contributed by atoms with E-state index in [1.165, 1.54) is 0 Å². The minimum Gasteiger partial charge on any atom is -0.327 e. The van der Waals surface area contributed by atoms with E-state index in [-0.39, 0.29) is 0 Å². The van der Waals surface area contributed by atoms with Gasteiger partial charge in [-0.15, -0.1) is 0 Å². The molecular formula is C8H15NO2S. The molecule has 0 bridgehead atoms. The third-order valence-electron chi connectivity index (χ3n) is 2.10. The first-order valence-corrected chi connectivity index (χ1v) is 6.01. The molecule has 2 N–H and O–H groups in total. The van der Waals surface area contributed by atoms with Gasteiger partial charge in [-0.3, -0.25) is 0 Å². The summed E-state index contributed by atoms with van der Waals surface area (Å²) in [6, 6.07) is 0. The van der Waals surface area contributed by atoms with Crippen molar-refractivity contribution >= 4 is 9.84 Å². The molecule has 3 nitrogen and oxygen atoms in total. The van der Waals surface area contributed by atoms with Crippen molar-refractivity contribution in [3.8, 4) is 0 Å². The molecule has 1 fully saturated rings. The second-order valence-corrected chi connectivity index (χ2v) is 5.44. The molecule has 0 saturated carbocycles. The van der Waals surface area contributed by atoms with Gasteiger partial charge in [-0.05, 0) is 18.8 Å². The molecule has 1 rings (SSSR count). The lowest BCUT2D eigenvalue weighted by molar-refractivity contribution is 0.589. The molecule has 12 heavy (non-hydrogen) atoms. The van der Waals surface area contributed by atoms with E-state index in [0.29, 0.717) is 24.0 Å². The fourth-order valence-corrected chi connectivity index (χ4v) is 3.32. The summed E-state index contributed by atoms with van der Waals surface area (Å²) in [5.41, 5.74) is 5.26. The van der Waals surface area contributed by atoms with E-state index < -0.39 is 9.84 Å². The molecule has 0 aromatic rings. The highest BCUT2D eigenvalue weighted by molar-refractivity contribution is 7.91. The molecule has 0 aliphatic carbocycles. The van der Waals surface area contributed by atoms with Gasteiger partial charge in [0.25, 0.3) is 0 Å². The first kappa shape index (κ1) is 9.74. The Morgan fingerprint density at radius 2 is 2.17 bits per heavy atom. The highest BCUT2D eigenvalue weighted by Gasteiger charge is 2.26. The average molecular weight is 189 g/mol. The standard InChI is InChI=1S/C8H15NO2S/c9-5-2-1-3-8-4-6-12(10,11)7-8/h1-2,8H,3-7,9H2/b2-1-. The molecule has 0 spiro atoms. The van der Waals surface area contributed by atoms with Crippen LogP contribution in [0.5, 0.6) is 0 Å². The Hall–Kier alpha value is -0.350. The van der Waals surface area contributed by atoms with Gasteiger partial charge in [0.1, 0.15) is 0 Å². The fraction of sp³-hybridized carbons (Fsp3) is 0.750. The second kappa shape index (κ2) is 4.05. The molecule has 1 atom stereocenters. The van der Waals surface area contributed by atoms with E-state index in [1.807, 2.05) is 12.2 Å². The van der Waals surface area contributed by atoms with Gasteiger partial charge in [-0.25, -0.2) is 8.42 Å². The van der Waals surface area contributed by atoms with Crippen LogP contribution in [0, 0.1) is 5.92 Å². The molecule has 1 unspecified atom stereocenters. The molecule has 1 heterocycles. The summed E-state index contributed by atoms with van der Waals surface area (Å²) in [6.07, 6.45) is 5.53. The first-order chi connectivity index (χ1) is 5.64. The highest BCUT2D eigenvalue weighted by atomic mass is 32.2. The van der Waals surface area contributed by atoms with Crippen LogP contribution < -0.4 is 5.73 Å². The Kier molecular flexibility index (Phi) is 3.29. The Bertz CT molecular complexity index is 256. The van der Waals surface area contributed by atoms with Gasteiger partial charge >= 0.3 is 0 Å². The Balaban J connectivity index is 2.34. The molecule has 70 valence electrons. The zero-order chi connectivity index (χ0) is 9.03. The molecule has 0 amide bonds. The first-order valence-electron chi connectivity index (χ1n) is 4.19. The summed E-state index contributed by atoms with van der Waals surface area (Å²) in [5.74, 6) is 1.06. The number of hydrogen-bond acceptors (Lipinski definition) is 3. The smallest absolute Gasteiger partial charge is 0.150 e. The molecular weight excluding hydrogens is 174 g/mol. The van der Waals surface area contributed by atoms with Gasteiger partial charge in [-0.1, -0.05) is 12.2 Å². The van der Waals surface area contributed by atoms with Crippen molar-refractivity contribution in [2.75, 3.05) is 18.1 Å². The zero-order valence-corrected chi connectivity index (χ0v) is 7.89. The molecule has 1 saturated heterocycles. The van der Waals surface area contributed by atoms with Crippen molar-refractivity contribution < 1.29 is 8.42 Å². The van der Waals surface area contributed by atoms with Crippen LogP contribution in [0.15, 0.2) is 12.2 Å². The molecule has 1 aliphatic heterocycles. The SMILES string of the molecule is NC/C=C\CC1CCS(=O)(=O)C1. The largest absolute Gasteiger partial charge is 0.327 e. The number of allylic oxidation sites excluding steroid dienone is 1. The van der Waals surface area contributed by atoms with Crippen molar-refractivity contribution in [3.63, 3.8) is 0 Å². The van der Waals surface area contributed by atoms with Crippen molar-refractivity contribution in [2.24, 2.45) is 11.7 Å². The van der Waals surface area contributed by atoms with E-state index in [1.54, 1.807) is 0 Å². The van der Waals surface area contributed by atoms with E-state index >= 15 is 0 Å². The van der Waals surface area contributed by atoms with Crippen LogP contribution in [0.2, 0.25) is 0 Å². The topological polar surface area (TPSA) is 60.2 Å². The lowest BCUT2D eigenvalue weighted by Crippen LogP contribution is -2.04. The van der Waals surface area contributed by atoms with E-state index in [9.17, 15) is 8.42 Å². The highest BCUT2D eigenvalue weighted by Crippen LogP contribution is 2.21. The van der Waals surface area contributed by atoms with Gasteiger partial charge in [0.05, 0.1) is 11.5 Å². The third kappa shape index (κ3) is 2.95. The monoisotopic (exact) mass is 189 g/mol. The van der Waals surface area contributed by atoms with Crippen LogP contribution in [-0.2, 0) is 9.84 Å². The Morgan fingerprint density at radius 1 is 1.42 bits per heavy atom. The third-order valence-corrected chi connectivity index (χ3v) is 3.94. The van der Waals surface area contributed by atoms with Gasteiger partial charge in [0, 0.05) is 6.54 Å². The van der Waals surface area contributed by atoms with Crippen molar-refractivity contribution in [1.82, 2.24) is 0 Å². The van der Waals surface area contributed by atoms with E-state index in [4.69, 9.17) is 5.73 Å². The summed E-state index contributed by atoms with van der Waals surface area (Å²) in [5, 5.41) is 0. The fourth-order valence-electron chi connectivity index (χ4n) is 1.44. The molecule has 0 radical (unpaired) electrons. The van der Waals surface area contributed by atoms with Crippen molar-refractivity contribution in [3.05, 3.63) is 12.2 Å². The summed E-state index contributed by atoms with van der Waals surface area (Å²) in [6.45, 7) is 0.541. The lowest BCUT2D eigenvalue weighted by Gasteiger charge is -2.00. The summed E-state index contributed by atoms with van der Waals surface area (Å²) >= 11 is 0. The molecule has 4 heteroatoms. The lowest BCUT2D eigenvalue weighted by atomic mass is 10.1. The number of hydrogen-bond donors (Lipinski definition) is 1. The van der Waals surface area contributed by atoms with Crippen LogP contribution in [0.25, 0.3) is 0 Å². The zero-order valence-electron chi connectivity index (χ0n) is 7.07. The predicted molar refractivity (Wildman–Crippen MR) is 49.6 cm³/mol. The van der Waals surface area contributed by atoms with Gasteiger partial charge in [-0.2, -0.15) is 0 Å². The quantitative estimate of drug-likeness (QED) is 0.651. The van der Waals surface area contributed by atoms with E-state index in [2.05, 4.69) is 0 Å². The minimum absolute atomic E-state index is 0.331. The average Bonchev–Trinajstić information content (AvgIpc) is 2.31. The minimum atomic E-state index is -2.70. The number of sulfone groups is 1. The summed E-state index contributed by atoms with van der Waals surface area (Å²) < 4.78 is 22.0. The van der Waals surface area contributed by atoms with Crippen LogP contribution in [0.1, 0.15) is 12.8 Å². The molecule has 0 aromatic heterocycles. The maximum absolute atomic E-state index is 11.0. The van der Waals surface area contributed by atoms with Crippen molar-refractivity contribution in [1.29, 1.82) is 0 Å². The number of rotatable bonds is 3. The van der Waals surface area contributed by atoms with Crippen LogP contribution >= 0.6 is 0 Å². The normalized spacial score (nSPS) is 28.2. The van der Waals surface area contributed by atoms with Gasteiger partial charge in [0.15, 0.2) is 9.84 Å². The maximum Gasteiger partial charge on any atom is 0.150 e. The maximum atomic E-state index is 11.0. The Morgan fingerprint density at radius 3 is 2.67 bits per heavy atom. The van der Waals surface area contributed by atoms with Crippen molar-refractivity contribution in [2.45, 2.75) is 12.8 Å². The summed E-state index contributed by atoms with van der Waals surface area (Å²) in [7, 11) is -2.70. The Labute approximate surface area is 73.6 Å². The molecule has 1 aliphatic rings. The summed E-state index contributed by atoms with van der Waals surface area (Å²) in [4.78, 5) is 0. The van der Waals surface area contributed by atoms with Gasteiger partial charge in [0.2, 0.25) is 0 Å². The number of nitrogens with two attached hydrogens (primary N) is 1. The van der Waals surface area contributed by atoms with E-state index in [0.717, 1.165) is 12.8 Å². The predicted octanol–water partition coefficient (Wildman–Crippen LogP) is 0.326. The second-order valence-electron chi connectivity index (χ2n) is 3.21. The molecule has 0 aromatic carbocycles. The van der Waals surface area contributed by atoms with Crippen LogP contribution in [0.3, 0.4) is 0 Å². The van der Waals surface area contributed by atoms with Crippen LogP contribution in [-0.4, -0.2) is 26.5 Å². The van der Waals surface area contributed by atoms with Crippen LogP contribution in [0.4, 0.5) is 0 Å². The van der Waals surface area contributed by atoms with Gasteiger partial charge < -0.3 is 5.73 Å².